The topological polar surface area (TPSA) is 73.8 Å². The monoisotopic (exact) mass is 518 g/mol. The number of hydrogen-bond donors (Lipinski definition) is 1. The molecular weight excluding hydrogens is 484 g/mol. The predicted molar refractivity (Wildman–Crippen MR) is 154 cm³/mol. The number of aliphatic hydroxyl groups excluding tert-OH is 1. The number of rotatable bonds is 7. The minimum Gasteiger partial charge on any atom is -0.478 e. The van der Waals surface area contributed by atoms with Gasteiger partial charge in [-0.1, -0.05) is 36.4 Å². The lowest BCUT2D eigenvalue weighted by Crippen LogP contribution is -2.41. The van der Waals surface area contributed by atoms with Crippen LogP contribution in [-0.2, 0) is 0 Å². The van der Waals surface area contributed by atoms with Crippen LogP contribution in [0.1, 0.15) is 44.2 Å². The van der Waals surface area contributed by atoms with E-state index in [0.29, 0.717) is 24.6 Å². The number of imidazole rings is 1. The number of piperidine rings is 1. The van der Waals surface area contributed by atoms with Crippen molar-refractivity contribution in [2.24, 2.45) is 5.92 Å². The Morgan fingerprint density at radius 1 is 1.26 bits per heavy atom. The lowest BCUT2D eigenvalue weighted by molar-refractivity contribution is 0.0787. The van der Waals surface area contributed by atoms with E-state index in [1.165, 1.54) is 16.7 Å². The van der Waals surface area contributed by atoms with Crippen LogP contribution in [0.15, 0.2) is 83.7 Å². The van der Waals surface area contributed by atoms with E-state index in [2.05, 4.69) is 52.7 Å². The first-order chi connectivity index (χ1) is 19.0. The fourth-order valence-electron chi connectivity index (χ4n) is 5.89. The number of likely N-dealkylation sites (tertiary alicyclic amines) is 1. The van der Waals surface area contributed by atoms with Crippen molar-refractivity contribution >= 4 is 11.2 Å². The van der Waals surface area contributed by atoms with Gasteiger partial charge in [0.2, 0.25) is 0 Å². The van der Waals surface area contributed by atoms with E-state index in [1.54, 1.807) is 0 Å². The first-order valence-electron chi connectivity index (χ1n) is 13.8. The van der Waals surface area contributed by atoms with Crippen molar-refractivity contribution in [1.82, 2.24) is 14.3 Å². The van der Waals surface area contributed by atoms with E-state index >= 15 is 0 Å². The molecular formula is C33H34N4O2. The third kappa shape index (κ3) is 5.34. The van der Waals surface area contributed by atoms with Crippen LogP contribution in [0.5, 0.6) is 5.88 Å². The molecule has 1 saturated carbocycles. The van der Waals surface area contributed by atoms with Crippen molar-refractivity contribution in [3.05, 3.63) is 94.9 Å². The standard InChI is InChI=1S/C33H34N4O2/c1-22-5-3-7-27(15-28-16-29(22)28)32-30(26-10-8-24(18-34)9-11-26)17-31(37-14-12-35-33(32)37)39-21-25-6-4-13-36(20-25)19-23(2)38/h3,5,7-12,14-15,17,23,25,38H,4,6,13,16,19-21H2,1-2H3/b5-3-,7-3?,22-5?,27-7+,27-15?,28-15-,29-22-/t23-,25?/m1/s1. The van der Waals surface area contributed by atoms with E-state index in [-0.39, 0.29) is 6.10 Å². The molecule has 6 nitrogen and oxygen atoms in total. The Balaban J connectivity index is 1.39. The fraction of sp³-hybridized carbons (Fsp3) is 0.333. The Morgan fingerprint density at radius 2 is 2.10 bits per heavy atom. The summed E-state index contributed by atoms with van der Waals surface area (Å²) in [4.78, 5) is 7.15. The van der Waals surface area contributed by atoms with Crippen molar-refractivity contribution in [2.75, 3.05) is 26.2 Å². The quantitative estimate of drug-likeness (QED) is 0.419. The zero-order valence-electron chi connectivity index (χ0n) is 22.6. The molecule has 0 amide bonds. The minimum atomic E-state index is -0.323. The zero-order chi connectivity index (χ0) is 26.9. The van der Waals surface area contributed by atoms with Crippen LogP contribution in [0.3, 0.4) is 0 Å². The number of aliphatic hydroxyl groups is 1. The summed E-state index contributed by atoms with van der Waals surface area (Å²) in [5.74, 6) is 1.16. The highest BCUT2D eigenvalue weighted by Crippen LogP contribution is 2.45. The van der Waals surface area contributed by atoms with Crippen LogP contribution in [-0.4, -0.2) is 51.7 Å². The predicted octanol–water partition coefficient (Wildman–Crippen LogP) is 5.94. The van der Waals surface area contributed by atoms with Gasteiger partial charge in [0.15, 0.2) is 5.88 Å². The normalized spacial score (nSPS) is 25.3. The minimum absolute atomic E-state index is 0.323. The van der Waals surface area contributed by atoms with Gasteiger partial charge in [-0.25, -0.2) is 4.98 Å². The molecule has 3 aliphatic rings. The summed E-state index contributed by atoms with van der Waals surface area (Å²) in [6.07, 6.45) is 15.5. The van der Waals surface area contributed by atoms with Gasteiger partial charge in [-0.15, -0.1) is 0 Å². The van der Waals surface area contributed by atoms with Gasteiger partial charge in [-0.05, 0) is 85.2 Å². The molecule has 0 bridgehead atoms. The number of allylic oxidation sites excluding steroid dienone is 8. The van der Waals surface area contributed by atoms with Crippen LogP contribution in [0.25, 0.3) is 22.3 Å². The summed E-state index contributed by atoms with van der Waals surface area (Å²) in [7, 11) is 0. The second-order valence-corrected chi connectivity index (χ2v) is 11.0. The maximum Gasteiger partial charge on any atom is 0.199 e. The van der Waals surface area contributed by atoms with Crippen molar-refractivity contribution in [3.63, 3.8) is 0 Å². The van der Waals surface area contributed by atoms with E-state index in [0.717, 1.165) is 66.1 Å². The molecule has 6 heteroatoms. The summed E-state index contributed by atoms with van der Waals surface area (Å²) in [5.41, 5.74) is 9.84. The number of nitriles is 1. The van der Waals surface area contributed by atoms with Gasteiger partial charge in [0.05, 0.1) is 24.3 Å². The number of pyridine rings is 1. The SMILES string of the molecule is CC1=C2\C\C2=C\C(c2c(-c3ccc(C#N)cc3)cc(OCC3CCCN(C[C@@H](C)O)C3)n3ccnc23)=C/C=C\1. The Hall–Kier alpha value is -3.92. The highest BCUT2D eigenvalue weighted by atomic mass is 16.5. The lowest BCUT2D eigenvalue weighted by atomic mass is 9.93. The largest absolute Gasteiger partial charge is 0.478 e. The number of benzene rings is 1. The summed E-state index contributed by atoms with van der Waals surface area (Å²) < 4.78 is 8.58. The van der Waals surface area contributed by atoms with Crippen molar-refractivity contribution in [3.8, 4) is 23.1 Å². The van der Waals surface area contributed by atoms with Gasteiger partial charge in [-0.2, -0.15) is 5.26 Å². The van der Waals surface area contributed by atoms with Gasteiger partial charge >= 0.3 is 0 Å². The highest BCUT2D eigenvalue weighted by Gasteiger charge is 2.27. The van der Waals surface area contributed by atoms with Gasteiger partial charge in [0.25, 0.3) is 0 Å². The first-order valence-corrected chi connectivity index (χ1v) is 13.8. The molecule has 6 rings (SSSR count). The number of nitrogens with zero attached hydrogens (tertiary/aromatic N) is 4. The Bertz CT molecular complexity index is 1560. The summed E-state index contributed by atoms with van der Waals surface area (Å²) in [6, 6.07) is 12.1. The van der Waals surface area contributed by atoms with Gasteiger partial charge in [-0.3, -0.25) is 4.40 Å². The lowest BCUT2D eigenvalue weighted by Gasteiger charge is -2.33. The molecule has 2 atom stereocenters. The van der Waals surface area contributed by atoms with Gasteiger partial charge < -0.3 is 14.7 Å². The van der Waals surface area contributed by atoms with Gasteiger partial charge in [0.1, 0.15) is 5.65 Å². The molecule has 3 heterocycles. The van der Waals surface area contributed by atoms with Crippen LogP contribution < -0.4 is 4.74 Å². The second kappa shape index (κ2) is 10.7. The molecule has 0 radical (unpaired) electrons. The molecule has 39 heavy (non-hydrogen) atoms. The Kier molecular flexibility index (Phi) is 6.95. The fourth-order valence-corrected chi connectivity index (χ4v) is 5.89. The van der Waals surface area contributed by atoms with Crippen molar-refractivity contribution < 1.29 is 9.84 Å². The molecule has 2 aromatic heterocycles. The average molecular weight is 519 g/mol. The molecule has 1 aromatic carbocycles. The Labute approximate surface area is 229 Å². The van der Waals surface area contributed by atoms with E-state index in [1.807, 2.05) is 43.6 Å². The van der Waals surface area contributed by atoms with E-state index in [4.69, 9.17) is 9.72 Å². The molecule has 0 spiro atoms. The van der Waals surface area contributed by atoms with E-state index in [9.17, 15) is 10.4 Å². The smallest absolute Gasteiger partial charge is 0.199 e. The maximum absolute atomic E-state index is 9.85. The zero-order valence-corrected chi connectivity index (χ0v) is 22.6. The van der Waals surface area contributed by atoms with Crippen LogP contribution >= 0.6 is 0 Å². The molecule has 3 aromatic rings. The van der Waals surface area contributed by atoms with Gasteiger partial charge in [0, 0.05) is 43.0 Å². The highest BCUT2D eigenvalue weighted by molar-refractivity contribution is 5.94. The van der Waals surface area contributed by atoms with Crippen LogP contribution in [0.4, 0.5) is 0 Å². The van der Waals surface area contributed by atoms with Crippen LogP contribution in [0.2, 0.25) is 0 Å². The molecule has 2 fully saturated rings. The summed E-state index contributed by atoms with van der Waals surface area (Å²) in [6.45, 7) is 7.29. The Morgan fingerprint density at radius 3 is 2.90 bits per heavy atom. The summed E-state index contributed by atoms with van der Waals surface area (Å²) >= 11 is 0. The number of β-amino-alcohol motifs (C(OH)–C–C–N with tert-alkyl or cyclic N) is 1. The molecule has 2 aliphatic carbocycles. The number of aromatic nitrogens is 2. The molecule has 1 N–H and O–H groups in total. The van der Waals surface area contributed by atoms with E-state index < -0.39 is 0 Å². The number of ether oxygens (including phenoxy) is 1. The third-order valence-electron chi connectivity index (χ3n) is 7.90. The first kappa shape index (κ1) is 25.4. The van der Waals surface area contributed by atoms with Crippen molar-refractivity contribution in [1.29, 1.82) is 5.26 Å². The van der Waals surface area contributed by atoms with Crippen molar-refractivity contribution in [2.45, 2.75) is 39.2 Å². The second-order valence-electron chi connectivity index (χ2n) is 11.0. The number of fused-ring (bicyclic) bond motifs is 2. The maximum atomic E-state index is 9.85. The molecule has 1 aliphatic heterocycles. The average Bonchev–Trinajstić information content (AvgIpc) is 3.51. The molecule has 1 saturated heterocycles. The summed E-state index contributed by atoms with van der Waals surface area (Å²) in [5, 5.41) is 19.2. The van der Waals surface area contributed by atoms with Crippen LogP contribution in [0, 0.1) is 17.2 Å². The number of hydrogen-bond acceptors (Lipinski definition) is 5. The molecule has 1 unspecified atom stereocenters. The third-order valence-corrected chi connectivity index (χ3v) is 7.90. The molecule has 198 valence electrons.